The molecule has 5 heterocycles. The number of methoxy groups -OCH3 is 2. The number of hydrogen-bond donors (Lipinski definition) is 1. The van der Waals surface area contributed by atoms with Crippen molar-refractivity contribution in [1.29, 1.82) is 0 Å². The second kappa shape index (κ2) is 14.2. The number of aromatic carboxylic acids is 1. The molecule has 0 saturated carbocycles. The summed E-state index contributed by atoms with van der Waals surface area (Å²) in [5.74, 6) is -1.53. The number of carboxylic acid groups (broad SMARTS) is 1. The SMILES string of the molecule is CO[C@@H](C)c1c(C(=O)O)cnc2cc(Cl)nn12.CO[C@@H](C)c1c(CC(=O)Cc2cc(C(F)(F)F)cn(C)c2=O)cnc2cc(Cl)nn12. The van der Waals surface area contributed by atoms with E-state index in [-0.39, 0.29) is 27.9 Å². The van der Waals surface area contributed by atoms with Crippen LogP contribution in [0.25, 0.3) is 11.3 Å². The number of ether oxygens (including phenoxy) is 2. The Morgan fingerprint density at radius 3 is 1.94 bits per heavy atom. The lowest BCUT2D eigenvalue weighted by molar-refractivity contribution is -0.138. The number of alkyl halides is 3. The number of hydrogen-bond acceptors (Lipinski definition) is 9. The van der Waals surface area contributed by atoms with Crippen molar-refractivity contribution in [3.05, 3.63) is 91.1 Å². The first kappa shape index (κ1) is 35.5. The fraction of sp³-hybridized carbons (Fsp3) is 0.345. The van der Waals surface area contributed by atoms with Gasteiger partial charge in [0.25, 0.3) is 5.56 Å². The minimum Gasteiger partial charge on any atom is -0.478 e. The zero-order valence-corrected chi connectivity index (χ0v) is 27.1. The number of pyridine rings is 1. The van der Waals surface area contributed by atoms with Crippen molar-refractivity contribution in [2.75, 3.05) is 14.2 Å². The number of aromatic nitrogens is 7. The standard InChI is InChI=1S/C19H18ClF3N4O3.C10H10ClN3O3/c1-10(30-3)17-12(8-24-16-7-15(20)25-27(16)17)6-14(28)5-11-4-13(19(21,22)23)9-26(2)18(11)29;1-5(17-2)9-6(10(15)16)4-12-8-3-7(11)13-14(8)9/h4,7-10H,5-6H2,1-3H3;3-5H,1-2H3,(H,15,16)/t10-;5-/m00/s1. The minimum atomic E-state index is -4.63. The van der Waals surface area contributed by atoms with E-state index >= 15 is 0 Å². The van der Waals surface area contributed by atoms with Crippen LogP contribution in [0.1, 0.15) is 64.5 Å². The van der Waals surface area contributed by atoms with Crippen LogP contribution in [0.4, 0.5) is 13.2 Å². The van der Waals surface area contributed by atoms with E-state index in [9.17, 15) is 27.6 Å². The molecule has 0 fully saturated rings. The highest BCUT2D eigenvalue weighted by atomic mass is 35.5. The van der Waals surface area contributed by atoms with Crippen molar-refractivity contribution in [3.63, 3.8) is 0 Å². The zero-order valence-electron chi connectivity index (χ0n) is 25.5. The maximum atomic E-state index is 13.1. The largest absolute Gasteiger partial charge is 0.478 e. The van der Waals surface area contributed by atoms with Gasteiger partial charge in [-0.15, -0.1) is 0 Å². The molecule has 5 aromatic heterocycles. The van der Waals surface area contributed by atoms with Gasteiger partial charge < -0.3 is 19.1 Å². The summed E-state index contributed by atoms with van der Waals surface area (Å²) in [5, 5.41) is 17.7. The summed E-state index contributed by atoms with van der Waals surface area (Å²) in [6.45, 7) is 3.48. The van der Waals surface area contributed by atoms with Crippen LogP contribution in [-0.2, 0) is 40.3 Å². The number of aryl methyl sites for hydroxylation is 1. The first-order chi connectivity index (χ1) is 22.0. The van der Waals surface area contributed by atoms with E-state index in [1.54, 1.807) is 26.0 Å². The molecule has 0 saturated heterocycles. The van der Waals surface area contributed by atoms with Crippen LogP contribution in [0.2, 0.25) is 10.3 Å². The number of rotatable bonds is 9. The van der Waals surface area contributed by atoms with Crippen LogP contribution in [0.3, 0.4) is 0 Å². The number of carbonyl (C=O) groups is 2. The molecule has 0 aliphatic rings. The molecule has 0 aliphatic heterocycles. The van der Waals surface area contributed by atoms with Gasteiger partial charge >= 0.3 is 12.1 Å². The Balaban J connectivity index is 0.000000248. The van der Waals surface area contributed by atoms with E-state index in [1.807, 2.05) is 0 Å². The predicted molar refractivity (Wildman–Crippen MR) is 163 cm³/mol. The van der Waals surface area contributed by atoms with Gasteiger partial charge in [0, 0.05) is 76.0 Å². The van der Waals surface area contributed by atoms with Gasteiger partial charge in [-0.2, -0.15) is 23.4 Å². The molecular weight excluding hydrogens is 670 g/mol. The molecule has 0 unspecified atom stereocenters. The molecule has 13 nitrogen and oxygen atoms in total. The Hall–Kier alpha value is -4.38. The lowest BCUT2D eigenvalue weighted by Gasteiger charge is -2.16. The van der Waals surface area contributed by atoms with Gasteiger partial charge in [0.1, 0.15) is 11.3 Å². The fourth-order valence-electron chi connectivity index (χ4n) is 4.78. The number of carbonyl (C=O) groups excluding carboxylic acids is 1. The summed E-state index contributed by atoms with van der Waals surface area (Å²) in [7, 11) is 4.19. The minimum absolute atomic E-state index is 0.0478. The summed E-state index contributed by atoms with van der Waals surface area (Å²) < 4.78 is 53.3. The average Bonchev–Trinajstić information content (AvgIpc) is 3.58. The lowest BCUT2D eigenvalue weighted by atomic mass is 10.0. The van der Waals surface area contributed by atoms with Gasteiger partial charge in [-0.05, 0) is 19.9 Å². The second-order valence-electron chi connectivity index (χ2n) is 10.3. The third-order valence-electron chi connectivity index (χ3n) is 7.13. The average molecular weight is 698 g/mol. The van der Waals surface area contributed by atoms with Crippen molar-refractivity contribution >= 4 is 46.2 Å². The molecule has 250 valence electrons. The molecule has 0 spiro atoms. The lowest BCUT2D eigenvalue weighted by Crippen LogP contribution is -2.26. The molecular formula is C29H28Cl2F3N7O6. The number of halogens is 5. The summed E-state index contributed by atoms with van der Waals surface area (Å²) in [6.07, 6.45) is -2.68. The molecule has 1 N–H and O–H groups in total. The van der Waals surface area contributed by atoms with Gasteiger partial charge in [-0.1, -0.05) is 23.2 Å². The Bertz CT molecular complexity index is 2030. The second-order valence-corrected chi connectivity index (χ2v) is 11.1. The van der Waals surface area contributed by atoms with Crippen LogP contribution < -0.4 is 5.56 Å². The molecule has 0 amide bonds. The Morgan fingerprint density at radius 2 is 1.40 bits per heavy atom. The number of fused-ring (bicyclic) bond motifs is 2. The highest BCUT2D eigenvalue weighted by Crippen LogP contribution is 2.29. The molecule has 0 aromatic carbocycles. The van der Waals surface area contributed by atoms with E-state index in [0.29, 0.717) is 40.5 Å². The fourth-order valence-corrected chi connectivity index (χ4v) is 5.13. The smallest absolute Gasteiger partial charge is 0.417 e. The Kier molecular flexibility index (Phi) is 10.7. The van der Waals surface area contributed by atoms with E-state index in [0.717, 1.165) is 4.57 Å². The summed E-state index contributed by atoms with van der Waals surface area (Å²) in [4.78, 5) is 44.2. The van der Waals surface area contributed by atoms with Crippen molar-refractivity contribution in [3.8, 4) is 0 Å². The van der Waals surface area contributed by atoms with Crippen molar-refractivity contribution in [2.24, 2.45) is 7.05 Å². The number of nitrogens with zero attached hydrogens (tertiary/aromatic N) is 7. The van der Waals surface area contributed by atoms with Crippen LogP contribution >= 0.6 is 23.2 Å². The molecule has 47 heavy (non-hydrogen) atoms. The quantitative estimate of drug-likeness (QED) is 0.224. The van der Waals surface area contributed by atoms with Crippen molar-refractivity contribution in [2.45, 2.75) is 45.1 Å². The van der Waals surface area contributed by atoms with Gasteiger partial charge in [0.2, 0.25) is 0 Å². The van der Waals surface area contributed by atoms with Crippen LogP contribution in [0, 0.1) is 0 Å². The molecule has 5 rings (SSSR count). The third kappa shape index (κ3) is 7.78. The summed E-state index contributed by atoms with van der Waals surface area (Å²) in [6, 6.07) is 3.82. The van der Waals surface area contributed by atoms with E-state index in [1.165, 1.54) is 42.7 Å². The van der Waals surface area contributed by atoms with Gasteiger partial charge in [-0.3, -0.25) is 9.59 Å². The van der Waals surface area contributed by atoms with Crippen molar-refractivity contribution in [1.82, 2.24) is 33.8 Å². The van der Waals surface area contributed by atoms with E-state index < -0.39 is 47.7 Å². The van der Waals surface area contributed by atoms with Crippen LogP contribution in [0.5, 0.6) is 0 Å². The molecule has 0 aliphatic carbocycles. The normalized spacial score (nSPS) is 13.0. The molecule has 5 aromatic rings. The summed E-state index contributed by atoms with van der Waals surface area (Å²) >= 11 is 11.7. The topological polar surface area (TPSA) is 155 Å². The first-order valence-electron chi connectivity index (χ1n) is 13.7. The highest BCUT2D eigenvalue weighted by Gasteiger charge is 2.32. The van der Waals surface area contributed by atoms with Crippen LogP contribution in [0.15, 0.2) is 41.6 Å². The van der Waals surface area contributed by atoms with E-state index in [4.69, 9.17) is 37.8 Å². The molecule has 0 bridgehead atoms. The van der Waals surface area contributed by atoms with Crippen molar-refractivity contribution < 1.29 is 37.3 Å². The number of ketones is 1. The molecule has 2 atom stereocenters. The Labute approximate surface area is 274 Å². The number of Topliss-reactive ketones (excluding diaryl/α,β-unsaturated/α-hetero) is 1. The number of carboxylic acids is 1. The van der Waals surface area contributed by atoms with Gasteiger partial charge in [-0.25, -0.2) is 23.8 Å². The third-order valence-corrected chi connectivity index (χ3v) is 7.50. The molecule has 0 radical (unpaired) electrons. The van der Waals surface area contributed by atoms with Crippen LogP contribution in [-0.4, -0.2) is 64.8 Å². The van der Waals surface area contributed by atoms with Gasteiger partial charge in [0.05, 0.1) is 29.2 Å². The maximum Gasteiger partial charge on any atom is 0.417 e. The zero-order chi connectivity index (χ0) is 34.8. The predicted octanol–water partition coefficient (Wildman–Crippen LogP) is 4.95. The Morgan fingerprint density at radius 1 is 0.894 bits per heavy atom. The monoisotopic (exact) mass is 697 g/mol. The van der Waals surface area contributed by atoms with Gasteiger partial charge in [0.15, 0.2) is 21.6 Å². The van der Waals surface area contributed by atoms with E-state index in [2.05, 4.69) is 20.2 Å². The maximum absolute atomic E-state index is 13.1. The highest BCUT2D eigenvalue weighted by molar-refractivity contribution is 6.30. The first-order valence-corrected chi connectivity index (χ1v) is 14.5. The molecule has 18 heteroatoms. The summed E-state index contributed by atoms with van der Waals surface area (Å²) in [5.41, 5.74) is 0.550.